The molecule has 1 aromatic carbocycles. The molecule has 0 N–H and O–H groups in total. The molecule has 3 rings (SSSR count). The number of benzene rings is 1. The molecule has 0 aliphatic carbocycles. The zero-order valence-electron chi connectivity index (χ0n) is 8.51. The molecule has 2 heterocycles. The van der Waals surface area contributed by atoms with Crippen LogP contribution in [0.5, 0.6) is 0 Å². The second-order valence-corrected chi connectivity index (χ2v) is 4.20. The molecular weight excluding hydrogens is 259 g/mol. The first-order chi connectivity index (χ1) is 8.25. The fraction of sp³-hybridized carbons (Fsp3) is 0. The van der Waals surface area contributed by atoms with E-state index in [0.29, 0.717) is 5.69 Å². The molecule has 0 spiro atoms. The summed E-state index contributed by atoms with van der Waals surface area (Å²) in [5.74, 6) is 0. The van der Waals surface area contributed by atoms with E-state index in [1.807, 2.05) is 24.3 Å². The van der Waals surface area contributed by atoms with Gasteiger partial charge in [-0.15, -0.1) is 10.2 Å². The van der Waals surface area contributed by atoms with Gasteiger partial charge in [-0.3, -0.25) is 0 Å². The lowest BCUT2D eigenvalue weighted by molar-refractivity contribution is 0.885. The van der Waals surface area contributed by atoms with E-state index in [4.69, 9.17) is 23.2 Å². The number of rotatable bonds is 1. The number of fused-ring (bicyclic) bond motifs is 1. The molecule has 0 saturated heterocycles. The summed E-state index contributed by atoms with van der Waals surface area (Å²) in [6.07, 6.45) is 1.76. The van der Waals surface area contributed by atoms with Gasteiger partial charge in [0.2, 0.25) is 0 Å². The largest absolute Gasteiger partial charge is 0.230 e. The zero-order chi connectivity index (χ0) is 11.8. The van der Waals surface area contributed by atoms with E-state index >= 15 is 0 Å². The van der Waals surface area contributed by atoms with Gasteiger partial charge in [0.05, 0.1) is 11.7 Å². The minimum absolute atomic E-state index is 0.267. The fourth-order valence-electron chi connectivity index (χ4n) is 1.66. The van der Waals surface area contributed by atoms with Gasteiger partial charge in [0.25, 0.3) is 0 Å². The van der Waals surface area contributed by atoms with Crippen molar-refractivity contribution in [3.05, 3.63) is 46.8 Å². The van der Waals surface area contributed by atoms with Crippen LogP contribution in [0.4, 0.5) is 0 Å². The quantitative estimate of drug-likeness (QED) is 0.679. The molecule has 0 aliphatic rings. The second kappa shape index (κ2) is 3.98. The molecule has 0 unspecified atom stereocenters. The summed E-state index contributed by atoms with van der Waals surface area (Å²) in [6, 6.07) is 9.45. The summed E-state index contributed by atoms with van der Waals surface area (Å²) in [5.41, 5.74) is 1.56. The Kier molecular flexibility index (Phi) is 2.46. The molecular formula is C11H6Cl2N4. The first-order valence-corrected chi connectivity index (χ1v) is 5.63. The predicted molar refractivity (Wildman–Crippen MR) is 66.7 cm³/mol. The molecule has 6 heteroatoms. The summed E-state index contributed by atoms with van der Waals surface area (Å²) in [7, 11) is 0. The average molecular weight is 265 g/mol. The van der Waals surface area contributed by atoms with Crippen molar-refractivity contribution in [2.45, 2.75) is 0 Å². The van der Waals surface area contributed by atoms with Crippen molar-refractivity contribution >= 4 is 34.1 Å². The normalized spacial score (nSPS) is 10.9. The van der Waals surface area contributed by atoms with Crippen molar-refractivity contribution in [3.8, 4) is 5.69 Å². The number of hydrogen-bond donors (Lipinski definition) is 0. The zero-order valence-corrected chi connectivity index (χ0v) is 10.0. The van der Waals surface area contributed by atoms with E-state index in [9.17, 15) is 0 Å². The fourth-order valence-corrected chi connectivity index (χ4v) is 1.97. The molecule has 0 atom stereocenters. The maximum absolute atomic E-state index is 5.99. The first-order valence-electron chi connectivity index (χ1n) is 4.87. The van der Waals surface area contributed by atoms with E-state index in [2.05, 4.69) is 15.3 Å². The molecule has 3 aromatic rings. The van der Waals surface area contributed by atoms with Crippen LogP contribution in [0.15, 0.2) is 36.5 Å². The third-order valence-electron chi connectivity index (χ3n) is 2.41. The Morgan fingerprint density at radius 1 is 1.06 bits per heavy atom. The molecule has 84 valence electrons. The summed E-state index contributed by atoms with van der Waals surface area (Å²) in [6.45, 7) is 0. The third kappa shape index (κ3) is 1.75. The van der Waals surface area contributed by atoms with Crippen LogP contribution in [0, 0.1) is 0 Å². The molecule has 4 nitrogen and oxygen atoms in total. The average Bonchev–Trinajstić information content (AvgIpc) is 2.76. The topological polar surface area (TPSA) is 43.6 Å². The molecule has 2 aromatic heterocycles. The number of aromatic nitrogens is 4. The smallest absolute Gasteiger partial charge is 0.177 e. The van der Waals surface area contributed by atoms with Crippen LogP contribution in [0.1, 0.15) is 0 Å². The first kappa shape index (κ1) is 10.5. The second-order valence-electron chi connectivity index (χ2n) is 3.46. The predicted octanol–water partition coefficient (Wildman–Crippen LogP) is 3.12. The van der Waals surface area contributed by atoms with E-state index in [1.54, 1.807) is 16.9 Å². The van der Waals surface area contributed by atoms with Crippen LogP contribution in [0.3, 0.4) is 0 Å². The molecule has 0 bridgehead atoms. The van der Waals surface area contributed by atoms with Gasteiger partial charge in [0.15, 0.2) is 10.3 Å². The Morgan fingerprint density at radius 3 is 2.76 bits per heavy atom. The van der Waals surface area contributed by atoms with Crippen molar-refractivity contribution in [3.63, 3.8) is 0 Å². The van der Waals surface area contributed by atoms with Crippen LogP contribution >= 0.6 is 23.2 Å². The Bertz CT molecular complexity index is 693. The van der Waals surface area contributed by atoms with Crippen molar-refractivity contribution in [2.24, 2.45) is 0 Å². The summed E-state index contributed by atoms with van der Waals surface area (Å²) in [5, 5.41) is 13.3. The van der Waals surface area contributed by atoms with E-state index in [-0.39, 0.29) is 10.3 Å². The lowest BCUT2D eigenvalue weighted by Gasteiger charge is -2.04. The highest BCUT2D eigenvalue weighted by Crippen LogP contribution is 2.23. The third-order valence-corrected chi connectivity index (χ3v) is 2.86. The van der Waals surface area contributed by atoms with Crippen LogP contribution in [0.2, 0.25) is 10.3 Å². The standard InChI is InChI=1S/C11H6Cl2N4/c12-10-5-9(11(13)16-15-10)17-8-4-2-1-3-7(8)6-14-17/h1-6H. The van der Waals surface area contributed by atoms with Crippen molar-refractivity contribution in [2.75, 3.05) is 0 Å². The highest BCUT2D eigenvalue weighted by atomic mass is 35.5. The van der Waals surface area contributed by atoms with Crippen LogP contribution in [0.25, 0.3) is 16.6 Å². The van der Waals surface area contributed by atoms with E-state index in [0.717, 1.165) is 10.9 Å². The van der Waals surface area contributed by atoms with Gasteiger partial charge in [-0.1, -0.05) is 41.4 Å². The molecule has 17 heavy (non-hydrogen) atoms. The number of halogens is 2. The maximum atomic E-state index is 5.99. The molecule has 0 radical (unpaired) electrons. The SMILES string of the molecule is Clc1cc(-n2ncc3ccccc32)c(Cl)nn1. The van der Waals surface area contributed by atoms with Gasteiger partial charge in [-0.2, -0.15) is 5.10 Å². The summed E-state index contributed by atoms with van der Waals surface area (Å²) in [4.78, 5) is 0. The molecule has 0 aliphatic heterocycles. The van der Waals surface area contributed by atoms with Gasteiger partial charge in [-0.25, -0.2) is 4.68 Å². The van der Waals surface area contributed by atoms with Crippen LogP contribution in [-0.2, 0) is 0 Å². The van der Waals surface area contributed by atoms with Gasteiger partial charge < -0.3 is 0 Å². The summed E-state index contributed by atoms with van der Waals surface area (Å²) < 4.78 is 1.69. The van der Waals surface area contributed by atoms with Gasteiger partial charge in [0.1, 0.15) is 5.69 Å². The Balaban J connectivity index is 2.31. The minimum atomic E-state index is 0.267. The minimum Gasteiger partial charge on any atom is -0.230 e. The molecule has 0 saturated carbocycles. The monoisotopic (exact) mass is 264 g/mol. The van der Waals surface area contributed by atoms with Crippen molar-refractivity contribution < 1.29 is 0 Å². The number of para-hydroxylation sites is 1. The van der Waals surface area contributed by atoms with Gasteiger partial charge >= 0.3 is 0 Å². The van der Waals surface area contributed by atoms with E-state index in [1.165, 1.54) is 0 Å². The molecule has 0 fully saturated rings. The number of nitrogens with zero attached hydrogens (tertiary/aromatic N) is 4. The molecule has 0 amide bonds. The van der Waals surface area contributed by atoms with Crippen LogP contribution < -0.4 is 0 Å². The van der Waals surface area contributed by atoms with Crippen molar-refractivity contribution in [1.29, 1.82) is 0 Å². The highest BCUT2D eigenvalue weighted by Gasteiger charge is 2.10. The highest BCUT2D eigenvalue weighted by molar-refractivity contribution is 6.32. The van der Waals surface area contributed by atoms with Crippen molar-refractivity contribution in [1.82, 2.24) is 20.0 Å². The lowest BCUT2D eigenvalue weighted by atomic mass is 10.2. The van der Waals surface area contributed by atoms with Gasteiger partial charge in [-0.05, 0) is 6.07 Å². The number of hydrogen-bond acceptors (Lipinski definition) is 3. The van der Waals surface area contributed by atoms with Gasteiger partial charge in [0, 0.05) is 11.5 Å². The maximum Gasteiger partial charge on any atom is 0.177 e. The lowest BCUT2D eigenvalue weighted by Crippen LogP contribution is -1.99. The van der Waals surface area contributed by atoms with E-state index < -0.39 is 0 Å². The summed E-state index contributed by atoms with van der Waals surface area (Å²) >= 11 is 11.8. The van der Waals surface area contributed by atoms with Crippen LogP contribution in [-0.4, -0.2) is 20.0 Å². The Hall–Kier alpha value is -1.65. The Labute approximate surface area is 107 Å². The Morgan fingerprint density at radius 2 is 1.88 bits per heavy atom.